The topological polar surface area (TPSA) is 44.5 Å². The summed E-state index contributed by atoms with van der Waals surface area (Å²) in [6, 6.07) is 3.63. The highest BCUT2D eigenvalue weighted by atomic mass is 19.4. The van der Waals surface area contributed by atoms with Gasteiger partial charge in [-0.25, -0.2) is 0 Å². The predicted octanol–water partition coefficient (Wildman–Crippen LogP) is 2.85. The minimum Gasteiger partial charge on any atom is -0.490 e. The van der Waals surface area contributed by atoms with E-state index in [1.165, 1.54) is 12.1 Å². The SMILES string of the molecule is Nc1ccc(OC2CCOCC2)cc1C(F)(F)F. The molecular formula is C12H14F3NO2. The first-order chi connectivity index (χ1) is 8.47. The van der Waals surface area contributed by atoms with Gasteiger partial charge in [0.2, 0.25) is 0 Å². The number of hydrogen-bond donors (Lipinski definition) is 1. The van der Waals surface area contributed by atoms with Crippen LogP contribution in [0.5, 0.6) is 5.75 Å². The lowest BCUT2D eigenvalue weighted by atomic mass is 10.1. The first-order valence-electron chi connectivity index (χ1n) is 5.68. The van der Waals surface area contributed by atoms with Gasteiger partial charge < -0.3 is 15.2 Å². The quantitative estimate of drug-likeness (QED) is 0.832. The van der Waals surface area contributed by atoms with Crippen LogP contribution in [0.1, 0.15) is 18.4 Å². The molecule has 18 heavy (non-hydrogen) atoms. The Kier molecular flexibility index (Phi) is 3.65. The molecule has 0 aliphatic carbocycles. The van der Waals surface area contributed by atoms with Gasteiger partial charge in [0.1, 0.15) is 11.9 Å². The molecule has 1 aromatic rings. The van der Waals surface area contributed by atoms with Crippen molar-refractivity contribution in [1.82, 2.24) is 0 Å². The number of alkyl halides is 3. The van der Waals surface area contributed by atoms with Crippen LogP contribution < -0.4 is 10.5 Å². The van der Waals surface area contributed by atoms with Gasteiger partial charge in [0.15, 0.2) is 0 Å². The van der Waals surface area contributed by atoms with Crippen LogP contribution in [0.3, 0.4) is 0 Å². The van der Waals surface area contributed by atoms with Crippen LogP contribution in [0, 0.1) is 0 Å². The van der Waals surface area contributed by atoms with Crippen molar-refractivity contribution in [3.8, 4) is 5.75 Å². The molecule has 0 radical (unpaired) electrons. The Morgan fingerprint density at radius 2 is 1.89 bits per heavy atom. The smallest absolute Gasteiger partial charge is 0.418 e. The molecule has 0 unspecified atom stereocenters. The van der Waals surface area contributed by atoms with E-state index in [2.05, 4.69) is 0 Å². The number of hydrogen-bond acceptors (Lipinski definition) is 3. The van der Waals surface area contributed by atoms with Crippen molar-refractivity contribution in [3.63, 3.8) is 0 Å². The molecule has 2 rings (SSSR count). The van der Waals surface area contributed by atoms with E-state index in [-0.39, 0.29) is 17.5 Å². The summed E-state index contributed by atoms with van der Waals surface area (Å²) in [5.41, 5.74) is 4.17. The van der Waals surface area contributed by atoms with Crippen molar-refractivity contribution in [3.05, 3.63) is 23.8 Å². The average molecular weight is 261 g/mol. The number of nitrogens with two attached hydrogens (primary N) is 1. The lowest BCUT2D eigenvalue weighted by Gasteiger charge is -2.23. The molecule has 0 saturated carbocycles. The second-order valence-corrected chi connectivity index (χ2v) is 4.18. The molecule has 6 heteroatoms. The molecule has 1 saturated heterocycles. The first kappa shape index (κ1) is 13.0. The van der Waals surface area contributed by atoms with E-state index < -0.39 is 11.7 Å². The molecule has 1 aliphatic heterocycles. The maximum atomic E-state index is 12.7. The summed E-state index contributed by atoms with van der Waals surface area (Å²) in [7, 11) is 0. The number of benzene rings is 1. The summed E-state index contributed by atoms with van der Waals surface area (Å²) < 4.78 is 48.6. The molecule has 1 fully saturated rings. The maximum absolute atomic E-state index is 12.7. The van der Waals surface area contributed by atoms with E-state index in [1.807, 2.05) is 0 Å². The molecule has 1 aromatic carbocycles. The minimum atomic E-state index is -4.46. The fraction of sp³-hybridized carbons (Fsp3) is 0.500. The monoisotopic (exact) mass is 261 g/mol. The van der Waals surface area contributed by atoms with Crippen LogP contribution in [0.2, 0.25) is 0 Å². The van der Waals surface area contributed by atoms with Crippen LogP contribution >= 0.6 is 0 Å². The van der Waals surface area contributed by atoms with Crippen LogP contribution in [-0.2, 0) is 10.9 Å². The van der Waals surface area contributed by atoms with Gasteiger partial charge in [-0.15, -0.1) is 0 Å². The highest BCUT2D eigenvalue weighted by molar-refractivity contribution is 5.52. The zero-order chi connectivity index (χ0) is 13.2. The fourth-order valence-corrected chi connectivity index (χ4v) is 1.84. The van der Waals surface area contributed by atoms with Gasteiger partial charge in [0, 0.05) is 18.5 Å². The molecule has 2 N–H and O–H groups in total. The van der Waals surface area contributed by atoms with Crippen molar-refractivity contribution in [1.29, 1.82) is 0 Å². The van der Waals surface area contributed by atoms with E-state index in [0.717, 1.165) is 6.07 Å². The lowest BCUT2D eigenvalue weighted by molar-refractivity contribution is -0.137. The molecule has 0 amide bonds. The summed E-state index contributed by atoms with van der Waals surface area (Å²) in [4.78, 5) is 0. The van der Waals surface area contributed by atoms with Crippen LogP contribution in [-0.4, -0.2) is 19.3 Å². The van der Waals surface area contributed by atoms with Gasteiger partial charge in [-0.2, -0.15) is 13.2 Å². The number of halogens is 3. The molecule has 0 aromatic heterocycles. The van der Waals surface area contributed by atoms with Crippen LogP contribution in [0.15, 0.2) is 18.2 Å². The van der Waals surface area contributed by atoms with Crippen molar-refractivity contribution >= 4 is 5.69 Å². The molecule has 0 bridgehead atoms. The van der Waals surface area contributed by atoms with Gasteiger partial charge in [0.25, 0.3) is 0 Å². The van der Waals surface area contributed by atoms with Gasteiger partial charge in [-0.05, 0) is 18.2 Å². The second-order valence-electron chi connectivity index (χ2n) is 4.18. The van der Waals surface area contributed by atoms with E-state index >= 15 is 0 Å². The Labute approximate surface area is 103 Å². The Morgan fingerprint density at radius 1 is 1.22 bits per heavy atom. The number of anilines is 1. The molecular weight excluding hydrogens is 247 g/mol. The summed E-state index contributed by atoms with van der Waals surface area (Å²) in [5.74, 6) is 0.198. The zero-order valence-electron chi connectivity index (χ0n) is 9.67. The van der Waals surface area contributed by atoms with Crippen molar-refractivity contribution in [2.24, 2.45) is 0 Å². The largest absolute Gasteiger partial charge is 0.490 e. The maximum Gasteiger partial charge on any atom is 0.418 e. The van der Waals surface area contributed by atoms with Gasteiger partial charge in [-0.1, -0.05) is 0 Å². The summed E-state index contributed by atoms with van der Waals surface area (Å²) in [6.45, 7) is 1.15. The van der Waals surface area contributed by atoms with E-state index in [1.54, 1.807) is 0 Å². The Balaban J connectivity index is 2.14. The van der Waals surface area contributed by atoms with Crippen LogP contribution in [0.4, 0.5) is 18.9 Å². The standard InChI is InChI=1S/C12H14F3NO2/c13-12(14,15)10-7-9(1-2-11(10)16)18-8-3-5-17-6-4-8/h1-2,7-8H,3-6,16H2. The van der Waals surface area contributed by atoms with Gasteiger partial charge >= 0.3 is 6.18 Å². The second kappa shape index (κ2) is 5.06. The van der Waals surface area contributed by atoms with Gasteiger partial charge in [-0.3, -0.25) is 0 Å². The summed E-state index contributed by atoms with van der Waals surface area (Å²) >= 11 is 0. The third kappa shape index (κ3) is 3.07. The Bertz CT molecular complexity index is 414. The molecule has 0 spiro atoms. The van der Waals surface area contributed by atoms with Crippen molar-refractivity contribution in [2.45, 2.75) is 25.1 Å². The number of ether oxygens (including phenoxy) is 2. The fourth-order valence-electron chi connectivity index (χ4n) is 1.84. The average Bonchev–Trinajstić information content (AvgIpc) is 2.31. The Hall–Kier alpha value is -1.43. The first-order valence-corrected chi connectivity index (χ1v) is 5.68. The normalized spacial score (nSPS) is 17.7. The third-order valence-electron chi connectivity index (χ3n) is 2.80. The molecule has 1 heterocycles. The predicted molar refractivity (Wildman–Crippen MR) is 60.3 cm³/mol. The summed E-state index contributed by atoms with van der Waals surface area (Å²) in [5, 5.41) is 0. The summed E-state index contributed by atoms with van der Waals surface area (Å²) in [6.07, 6.45) is -3.18. The van der Waals surface area contributed by atoms with Crippen molar-refractivity contribution < 1.29 is 22.6 Å². The van der Waals surface area contributed by atoms with Gasteiger partial charge in [0.05, 0.1) is 18.8 Å². The van der Waals surface area contributed by atoms with E-state index in [9.17, 15) is 13.2 Å². The van der Waals surface area contributed by atoms with Crippen molar-refractivity contribution in [2.75, 3.05) is 18.9 Å². The number of nitrogen functional groups attached to an aromatic ring is 1. The van der Waals surface area contributed by atoms with Crippen LogP contribution in [0.25, 0.3) is 0 Å². The van der Waals surface area contributed by atoms with E-state index in [4.69, 9.17) is 15.2 Å². The molecule has 3 nitrogen and oxygen atoms in total. The highest BCUT2D eigenvalue weighted by Crippen LogP contribution is 2.36. The Morgan fingerprint density at radius 3 is 2.50 bits per heavy atom. The lowest BCUT2D eigenvalue weighted by Crippen LogP contribution is -2.26. The molecule has 1 aliphatic rings. The highest BCUT2D eigenvalue weighted by Gasteiger charge is 2.33. The third-order valence-corrected chi connectivity index (χ3v) is 2.80. The minimum absolute atomic E-state index is 0.0940. The molecule has 0 atom stereocenters. The molecule has 100 valence electrons. The number of rotatable bonds is 2. The zero-order valence-corrected chi connectivity index (χ0v) is 9.67. The van der Waals surface area contributed by atoms with E-state index in [0.29, 0.717) is 26.1 Å².